The largest absolute Gasteiger partial charge is 0.298 e. The quantitative estimate of drug-likeness (QED) is 0.557. The van der Waals surface area contributed by atoms with Gasteiger partial charge >= 0.3 is 0 Å². The summed E-state index contributed by atoms with van der Waals surface area (Å²) in [6, 6.07) is 7.87. The van der Waals surface area contributed by atoms with Gasteiger partial charge in [0.2, 0.25) is 0 Å². The van der Waals surface area contributed by atoms with E-state index < -0.39 is 0 Å². The van der Waals surface area contributed by atoms with Gasteiger partial charge in [0.05, 0.1) is 5.03 Å². The molecule has 0 aliphatic heterocycles. The third-order valence-electron chi connectivity index (χ3n) is 2.25. The Kier molecular flexibility index (Phi) is 4.57. The SMILES string of the molecule is CCC/C(C=O)=C(/Cl)c1ccc(C)cc1. The predicted octanol–water partition coefficient (Wildman–Crippen LogP) is 3.94. The van der Waals surface area contributed by atoms with Crippen molar-refractivity contribution in [1.82, 2.24) is 0 Å². The van der Waals surface area contributed by atoms with Crippen molar-refractivity contribution in [2.75, 3.05) is 0 Å². The molecule has 80 valence electrons. The first kappa shape index (κ1) is 12.0. The number of carbonyl (C=O) groups is 1. The maximum absolute atomic E-state index is 10.8. The molecule has 0 aliphatic carbocycles. The topological polar surface area (TPSA) is 17.1 Å². The average molecular weight is 223 g/mol. The Morgan fingerprint density at radius 1 is 1.33 bits per heavy atom. The normalized spacial score (nSPS) is 12.2. The highest BCUT2D eigenvalue weighted by Gasteiger charge is 2.05. The van der Waals surface area contributed by atoms with E-state index in [1.165, 1.54) is 5.56 Å². The maximum atomic E-state index is 10.8. The highest BCUT2D eigenvalue weighted by molar-refractivity contribution is 6.50. The minimum atomic E-state index is 0.576. The summed E-state index contributed by atoms with van der Waals surface area (Å²) in [4.78, 5) is 10.8. The lowest BCUT2D eigenvalue weighted by atomic mass is 10.1. The molecule has 1 aromatic carbocycles. The summed E-state index contributed by atoms with van der Waals surface area (Å²) in [7, 11) is 0. The van der Waals surface area contributed by atoms with Crippen LogP contribution in [0.25, 0.3) is 5.03 Å². The molecule has 0 unspecified atom stereocenters. The van der Waals surface area contributed by atoms with Crippen LogP contribution in [0.15, 0.2) is 29.8 Å². The maximum Gasteiger partial charge on any atom is 0.147 e. The van der Waals surface area contributed by atoms with E-state index in [4.69, 9.17) is 11.6 Å². The van der Waals surface area contributed by atoms with E-state index in [0.717, 1.165) is 24.7 Å². The molecule has 0 saturated heterocycles. The summed E-state index contributed by atoms with van der Waals surface area (Å²) in [5, 5.41) is 0.576. The summed E-state index contributed by atoms with van der Waals surface area (Å²) in [5.41, 5.74) is 2.78. The molecule has 1 aromatic rings. The first-order valence-corrected chi connectivity index (χ1v) is 5.47. The van der Waals surface area contributed by atoms with Gasteiger partial charge in [-0.25, -0.2) is 0 Å². The summed E-state index contributed by atoms with van der Waals surface area (Å²) in [6.07, 6.45) is 2.51. The molecule has 2 heteroatoms. The molecule has 1 rings (SSSR count). The van der Waals surface area contributed by atoms with Crippen molar-refractivity contribution in [2.45, 2.75) is 26.7 Å². The second-order valence-corrected chi connectivity index (χ2v) is 3.95. The van der Waals surface area contributed by atoms with E-state index in [1.54, 1.807) is 0 Å². The minimum Gasteiger partial charge on any atom is -0.298 e. The molecule has 1 nitrogen and oxygen atoms in total. The van der Waals surface area contributed by atoms with Crippen LogP contribution in [-0.4, -0.2) is 6.29 Å². The van der Waals surface area contributed by atoms with Gasteiger partial charge in [0.25, 0.3) is 0 Å². The molecule has 0 N–H and O–H groups in total. The number of halogens is 1. The van der Waals surface area contributed by atoms with Gasteiger partial charge < -0.3 is 0 Å². The average Bonchev–Trinajstić information content (AvgIpc) is 2.26. The van der Waals surface area contributed by atoms with Gasteiger partial charge in [0.1, 0.15) is 6.29 Å². The van der Waals surface area contributed by atoms with Crippen LogP contribution < -0.4 is 0 Å². The third-order valence-corrected chi connectivity index (χ3v) is 2.71. The van der Waals surface area contributed by atoms with Crippen LogP contribution in [0.2, 0.25) is 0 Å². The fourth-order valence-electron chi connectivity index (χ4n) is 1.38. The van der Waals surface area contributed by atoms with Crippen LogP contribution in [0.1, 0.15) is 30.9 Å². The molecule has 0 amide bonds. The molecule has 0 atom stereocenters. The van der Waals surface area contributed by atoms with Crippen LogP contribution >= 0.6 is 11.6 Å². The number of hydrogen-bond acceptors (Lipinski definition) is 1. The van der Waals surface area contributed by atoms with E-state index in [2.05, 4.69) is 0 Å². The zero-order valence-electron chi connectivity index (χ0n) is 9.09. The fraction of sp³-hybridized carbons (Fsp3) is 0.308. The lowest BCUT2D eigenvalue weighted by molar-refractivity contribution is -0.105. The summed E-state index contributed by atoms with van der Waals surface area (Å²) < 4.78 is 0. The molecule has 0 aromatic heterocycles. The van der Waals surface area contributed by atoms with Gasteiger partial charge in [-0.05, 0) is 18.9 Å². The number of aryl methyl sites for hydroxylation is 1. The smallest absolute Gasteiger partial charge is 0.147 e. The predicted molar refractivity (Wildman–Crippen MR) is 64.9 cm³/mol. The van der Waals surface area contributed by atoms with Gasteiger partial charge in [-0.1, -0.05) is 54.8 Å². The van der Waals surface area contributed by atoms with Gasteiger partial charge in [-0.15, -0.1) is 0 Å². The first-order valence-electron chi connectivity index (χ1n) is 5.10. The molecule has 0 saturated carbocycles. The van der Waals surface area contributed by atoms with Crippen molar-refractivity contribution in [3.05, 3.63) is 41.0 Å². The lowest BCUT2D eigenvalue weighted by Crippen LogP contribution is -1.89. The van der Waals surface area contributed by atoms with Crippen molar-refractivity contribution in [2.24, 2.45) is 0 Å². The Hall–Kier alpha value is -1.08. The van der Waals surface area contributed by atoms with E-state index in [-0.39, 0.29) is 0 Å². The number of aldehydes is 1. The monoisotopic (exact) mass is 222 g/mol. The molecule has 0 fully saturated rings. The van der Waals surface area contributed by atoms with Crippen molar-refractivity contribution in [3.63, 3.8) is 0 Å². The number of carbonyl (C=O) groups excluding carboxylic acids is 1. The van der Waals surface area contributed by atoms with E-state index in [1.807, 2.05) is 38.1 Å². The molecule has 0 radical (unpaired) electrons. The molecule has 0 heterocycles. The Morgan fingerprint density at radius 2 is 1.93 bits per heavy atom. The molecule has 15 heavy (non-hydrogen) atoms. The molecular weight excluding hydrogens is 208 g/mol. The lowest BCUT2D eigenvalue weighted by Gasteiger charge is -2.04. The Bertz CT molecular complexity index is 363. The van der Waals surface area contributed by atoms with Gasteiger partial charge in [0, 0.05) is 5.57 Å². The van der Waals surface area contributed by atoms with Crippen molar-refractivity contribution >= 4 is 22.9 Å². The molecule has 0 spiro atoms. The van der Waals surface area contributed by atoms with E-state index >= 15 is 0 Å². The second kappa shape index (κ2) is 5.72. The van der Waals surface area contributed by atoms with Crippen molar-refractivity contribution < 1.29 is 4.79 Å². The Labute approximate surface area is 95.8 Å². The van der Waals surface area contributed by atoms with Crippen LogP contribution in [-0.2, 0) is 4.79 Å². The van der Waals surface area contributed by atoms with Crippen molar-refractivity contribution in [1.29, 1.82) is 0 Å². The molecule has 0 aliphatic rings. The fourth-order valence-corrected chi connectivity index (χ4v) is 1.64. The molecular formula is C13H15ClO. The van der Waals surface area contributed by atoms with Crippen LogP contribution in [0.3, 0.4) is 0 Å². The van der Waals surface area contributed by atoms with Crippen molar-refractivity contribution in [3.8, 4) is 0 Å². The van der Waals surface area contributed by atoms with Gasteiger partial charge in [0.15, 0.2) is 0 Å². The zero-order valence-corrected chi connectivity index (χ0v) is 9.84. The van der Waals surface area contributed by atoms with Gasteiger partial charge in [-0.3, -0.25) is 4.79 Å². The van der Waals surface area contributed by atoms with E-state index in [9.17, 15) is 4.79 Å². The summed E-state index contributed by atoms with van der Waals surface area (Å²) in [6.45, 7) is 4.05. The van der Waals surface area contributed by atoms with Crippen LogP contribution in [0.4, 0.5) is 0 Å². The summed E-state index contributed by atoms with van der Waals surface area (Å²) in [5.74, 6) is 0. The van der Waals surface area contributed by atoms with Gasteiger partial charge in [-0.2, -0.15) is 0 Å². The highest BCUT2D eigenvalue weighted by atomic mass is 35.5. The number of benzene rings is 1. The number of allylic oxidation sites excluding steroid dienone is 1. The Morgan fingerprint density at radius 3 is 2.40 bits per heavy atom. The minimum absolute atomic E-state index is 0.576. The van der Waals surface area contributed by atoms with Crippen LogP contribution in [0, 0.1) is 6.92 Å². The third kappa shape index (κ3) is 3.21. The summed E-state index contributed by atoms with van der Waals surface area (Å²) >= 11 is 6.15. The molecule has 0 bridgehead atoms. The first-order chi connectivity index (χ1) is 7.19. The zero-order chi connectivity index (χ0) is 11.3. The second-order valence-electron chi connectivity index (χ2n) is 3.57. The number of hydrogen-bond donors (Lipinski definition) is 0. The van der Waals surface area contributed by atoms with Crippen LogP contribution in [0.5, 0.6) is 0 Å². The number of rotatable bonds is 4. The van der Waals surface area contributed by atoms with E-state index in [0.29, 0.717) is 10.6 Å². The highest BCUT2D eigenvalue weighted by Crippen LogP contribution is 2.24. The Balaban J connectivity index is 3.04. The standard InChI is InChI=1S/C13H15ClO/c1-3-4-12(9-15)13(14)11-7-5-10(2)6-8-11/h5-9H,3-4H2,1-2H3/b13-12-.